The fourth-order valence-electron chi connectivity index (χ4n) is 2.14. The number of hydrogen-bond acceptors (Lipinski definition) is 5. The number of halogens is 1. The number of carbonyl (C=O) groups excluding carboxylic acids is 2. The van der Waals surface area contributed by atoms with Gasteiger partial charge < -0.3 is 10.1 Å². The highest BCUT2D eigenvalue weighted by Gasteiger charge is 2.21. The van der Waals surface area contributed by atoms with Crippen molar-refractivity contribution in [1.29, 1.82) is 0 Å². The summed E-state index contributed by atoms with van der Waals surface area (Å²) in [4.78, 5) is 28.3. The van der Waals surface area contributed by atoms with Gasteiger partial charge in [-0.25, -0.2) is 9.78 Å². The summed E-state index contributed by atoms with van der Waals surface area (Å²) in [5, 5.41) is 9.71. The number of rotatable bonds is 5. The molecule has 8 heteroatoms. The number of aromatic nitrogens is 3. The summed E-state index contributed by atoms with van der Waals surface area (Å²) in [5.74, 6) is -0.863. The quantitative estimate of drug-likeness (QED) is 0.671. The zero-order chi connectivity index (χ0) is 18.5. The molecular weight excluding hydrogens is 356 g/mol. The average molecular weight is 371 g/mol. The molecule has 1 atom stereocenters. The molecule has 0 saturated heterocycles. The van der Waals surface area contributed by atoms with E-state index < -0.39 is 18.0 Å². The summed E-state index contributed by atoms with van der Waals surface area (Å²) in [6, 6.07) is 14.1. The van der Waals surface area contributed by atoms with Crippen molar-refractivity contribution in [2.75, 3.05) is 5.32 Å². The number of ether oxygens (including phenoxy) is 1. The molecule has 0 aliphatic rings. The minimum absolute atomic E-state index is 0.160. The lowest BCUT2D eigenvalue weighted by molar-refractivity contribution is -0.123. The molecule has 2 heterocycles. The summed E-state index contributed by atoms with van der Waals surface area (Å²) in [7, 11) is 0. The number of esters is 1. The molecule has 132 valence electrons. The predicted octanol–water partition coefficient (Wildman–Crippen LogP) is 3.31. The SMILES string of the molecule is C[C@H](OC(=O)c1cc(-c2ccccc2)n[nH]1)C(=O)Nc1ccc(Cl)cn1. The fraction of sp³-hybridized carbons (Fsp3) is 0.111. The van der Waals surface area contributed by atoms with Gasteiger partial charge in [0.15, 0.2) is 6.10 Å². The van der Waals surface area contributed by atoms with Gasteiger partial charge in [-0.2, -0.15) is 5.10 Å². The van der Waals surface area contributed by atoms with Gasteiger partial charge >= 0.3 is 5.97 Å². The largest absolute Gasteiger partial charge is 0.448 e. The second kappa shape index (κ2) is 7.79. The number of pyridine rings is 1. The van der Waals surface area contributed by atoms with Crippen molar-refractivity contribution >= 4 is 29.3 Å². The number of amides is 1. The van der Waals surface area contributed by atoms with Crippen molar-refractivity contribution in [1.82, 2.24) is 15.2 Å². The smallest absolute Gasteiger partial charge is 0.357 e. The molecule has 0 aliphatic carbocycles. The Kier molecular flexibility index (Phi) is 5.28. The lowest BCUT2D eigenvalue weighted by Gasteiger charge is -2.12. The molecule has 0 spiro atoms. The van der Waals surface area contributed by atoms with E-state index in [-0.39, 0.29) is 5.69 Å². The number of nitrogens with zero attached hydrogens (tertiary/aromatic N) is 2. The van der Waals surface area contributed by atoms with Crippen molar-refractivity contribution in [3.63, 3.8) is 0 Å². The molecular formula is C18H15ClN4O3. The Hall–Kier alpha value is -3.19. The van der Waals surface area contributed by atoms with E-state index in [1.165, 1.54) is 13.1 Å². The van der Waals surface area contributed by atoms with E-state index in [0.717, 1.165) is 5.56 Å². The molecule has 3 rings (SSSR count). The molecule has 0 bridgehead atoms. The van der Waals surface area contributed by atoms with Crippen LogP contribution in [0.5, 0.6) is 0 Å². The molecule has 0 fully saturated rings. The van der Waals surface area contributed by atoms with E-state index in [4.69, 9.17) is 16.3 Å². The predicted molar refractivity (Wildman–Crippen MR) is 96.8 cm³/mol. The van der Waals surface area contributed by atoms with Crippen LogP contribution in [0.25, 0.3) is 11.3 Å². The Morgan fingerprint density at radius 1 is 1.19 bits per heavy atom. The maximum Gasteiger partial charge on any atom is 0.357 e. The third-order valence-corrected chi connectivity index (χ3v) is 3.72. The van der Waals surface area contributed by atoms with Crippen molar-refractivity contribution in [3.8, 4) is 11.3 Å². The van der Waals surface area contributed by atoms with Crippen molar-refractivity contribution < 1.29 is 14.3 Å². The number of anilines is 1. The number of carbonyl (C=O) groups is 2. The Morgan fingerprint density at radius 3 is 2.65 bits per heavy atom. The molecule has 1 amide bonds. The van der Waals surface area contributed by atoms with Gasteiger partial charge in [0.1, 0.15) is 11.5 Å². The van der Waals surface area contributed by atoms with Gasteiger partial charge in [-0.1, -0.05) is 41.9 Å². The molecule has 0 aliphatic heterocycles. The van der Waals surface area contributed by atoms with Crippen molar-refractivity contribution in [2.45, 2.75) is 13.0 Å². The maximum absolute atomic E-state index is 12.2. The van der Waals surface area contributed by atoms with Gasteiger partial charge in [-0.3, -0.25) is 9.89 Å². The first-order valence-electron chi connectivity index (χ1n) is 7.77. The Bertz CT molecular complexity index is 910. The third kappa shape index (κ3) is 4.25. The normalized spacial score (nSPS) is 11.6. The highest BCUT2D eigenvalue weighted by molar-refractivity contribution is 6.30. The molecule has 7 nitrogen and oxygen atoms in total. The molecule has 1 aromatic carbocycles. The second-order valence-corrected chi connectivity index (χ2v) is 5.87. The van der Waals surface area contributed by atoms with Crippen LogP contribution in [0.2, 0.25) is 5.02 Å². The first-order chi connectivity index (χ1) is 12.5. The van der Waals surface area contributed by atoms with Crippen LogP contribution < -0.4 is 5.32 Å². The molecule has 0 radical (unpaired) electrons. The monoisotopic (exact) mass is 370 g/mol. The third-order valence-electron chi connectivity index (χ3n) is 3.50. The molecule has 2 N–H and O–H groups in total. The lowest BCUT2D eigenvalue weighted by Crippen LogP contribution is -2.30. The Morgan fingerprint density at radius 2 is 1.96 bits per heavy atom. The first kappa shape index (κ1) is 17.6. The summed E-state index contributed by atoms with van der Waals surface area (Å²) in [6.45, 7) is 1.47. The summed E-state index contributed by atoms with van der Waals surface area (Å²) >= 11 is 5.74. The number of nitrogens with one attached hydrogen (secondary N) is 2. The zero-order valence-electron chi connectivity index (χ0n) is 13.8. The summed E-state index contributed by atoms with van der Waals surface area (Å²) < 4.78 is 5.17. The minimum atomic E-state index is -1.01. The molecule has 26 heavy (non-hydrogen) atoms. The number of aromatic amines is 1. The summed E-state index contributed by atoms with van der Waals surface area (Å²) in [5.41, 5.74) is 1.63. The Balaban J connectivity index is 1.61. The van der Waals surface area contributed by atoms with Gasteiger partial charge in [0.25, 0.3) is 5.91 Å². The van der Waals surface area contributed by atoms with E-state index in [2.05, 4.69) is 20.5 Å². The minimum Gasteiger partial charge on any atom is -0.448 e. The topological polar surface area (TPSA) is 97.0 Å². The van der Waals surface area contributed by atoms with E-state index in [9.17, 15) is 9.59 Å². The van der Waals surface area contributed by atoms with Crippen LogP contribution in [-0.2, 0) is 9.53 Å². The Labute approximate surface area is 154 Å². The van der Waals surface area contributed by atoms with Crippen LogP contribution in [0, 0.1) is 0 Å². The molecule has 0 saturated carbocycles. The number of hydrogen-bond donors (Lipinski definition) is 2. The van der Waals surface area contributed by atoms with Gasteiger partial charge in [-0.05, 0) is 25.1 Å². The van der Waals surface area contributed by atoms with Crippen LogP contribution in [0.3, 0.4) is 0 Å². The van der Waals surface area contributed by atoms with Crippen LogP contribution in [0.15, 0.2) is 54.7 Å². The molecule has 0 unspecified atom stereocenters. The van der Waals surface area contributed by atoms with Crippen LogP contribution in [0.1, 0.15) is 17.4 Å². The fourth-order valence-corrected chi connectivity index (χ4v) is 2.25. The molecule has 2 aromatic heterocycles. The highest BCUT2D eigenvalue weighted by atomic mass is 35.5. The molecule has 3 aromatic rings. The van der Waals surface area contributed by atoms with Crippen molar-refractivity contribution in [3.05, 3.63) is 65.4 Å². The van der Waals surface area contributed by atoms with Crippen molar-refractivity contribution in [2.24, 2.45) is 0 Å². The van der Waals surface area contributed by atoms with E-state index in [1.807, 2.05) is 30.3 Å². The lowest BCUT2D eigenvalue weighted by atomic mass is 10.1. The van der Waals surface area contributed by atoms with Gasteiger partial charge in [0.2, 0.25) is 0 Å². The van der Waals surface area contributed by atoms with Gasteiger partial charge in [-0.15, -0.1) is 0 Å². The number of benzene rings is 1. The zero-order valence-corrected chi connectivity index (χ0v) is 14.5. The van der Waals surface area contributed by atoms with Gasteiger partial charge in [0, 0.05) is 11.8 Å². The maximum atomic E-state index is 12.2. The van der Waals surface area contributed by atoms with E-state index in [1.54, 1.807) is 18.2 Å². The summed E-state index contributed by atoms with van der Waals surface area (Å²) in [6.07, 6.45) is 0.396. The van der Waals surface area contributed by atoms with E-state index in [0.29, 0.717) is 16.5 Å². The average Bonchev–Trinajstić information content (AvgIpc) is 3.14. The van der Waals surface area contributed by atoms with Crippen LogP contribution in [-0.4, -0.2) is 33.2 Å². The van der Waals surface area contributed by atoms with E-state index >= 15 is 0 Å². The standard InChI is InChI=1S/C18H15ClN4O3/c1-11(17(24)21-16-8-7-13(19)10-20-16)26-18(25)15-9-14(22-23-15)12-5-3-2-4-6-12/h2-11H,1H3,(H,22,23)(H,20,21,24)/t11-/m0/s1. The number of H-pyrrole nitrogens is 1. The van der Waals surface area contributed by atoms with Gasteiger partial charge in [0.05, 0.1) is 10.7 Å². The first-order valence-corrected chi connectivity index (χ1v) is 8.15. The highest BCUT2D eigenvalue weighted by Crippen LogP contribution is 2.17. The van der Waals surface area contributed by atoms with Crippen LogP contribution >= 0.6 is 11.6 Å². The second-order valence-electron chi connectivity index (χ2n) is 5.43. The van der Waals surface area contributed by atoms with Crippen LogP contribution in [0.4, 0.5) is 5.82 Å².